The molecule has 0 bridgehead atoms. The Morgan fingerprint density at radius 1 is 0.582 bits per heavy atom. The fraction of sp³-hybridized carbons (Fsp3) is 0.429. The first-order valence-corrected chi connectivity index (χ1v) is 30.3. The van der Waals surface area contributed by atoms with Crippen LogP contribution in [0.25, 0.3) is 22.3 Å². The van der Waals surface area contributed by atoms with E-state index in [-0.39, 0.29) is 29.3 Å². The molecular formula is C63H78N4O10S2. The number of hydrogen-bond acceptors (Lipinski definition) is 12. The second-order valence-corrected chi connectivity index (χ2v) is 26.5. The van der Waals surface area contributed by atoms with Gasteiger partial charge in [0, 0.05) is 36.6 Å². The van der Waals surface area contributed by atoms with Crippen molar-refractivity contribution in [2.45, 2.75) is 166 Å². The van der Waals surface area contributed by atoms with Gasteiger partial charge in [-0.05, 0) is 173 Å². The fourth-order valence-electron chi connectivity index (χ4n) is 9.86. The molecule has 0 spiro atoms. The van der Waals surface area contributed by atoms with E-state index in [1.165, 1.54) is 15.4 Å². The van der Waals surface area contributed by atoms with E-state index < -0.39 is 49.2 Å². The molecule has 2 aromatic heterocycles. The summed E-state index contributed by atoms with van der Waals surface area (Å²) in [5.41, 5.74) is 8.59. The lowest BCUT2D eigenvalue weighted by atomic mass is 9.98. The normalized spacial score (nSPS) is 15.9. The summed E-state index contributed by atoms with van der Waals surface area (Å²) in [6, 6.07) is 33.6. The Morgan fingerprint density at radius 3 is 1.51 bits per heavy atom. The fourth-order valence-corrected chi connectivity index (χ4v) is 12.3. The monoisotopic (exact) mass is 1110 g/mol. The number of hydrogen-bond donors (Lipinski definition) is 1. The average Bonchev–Trinajstić information content (AvgIpc) is 3.84. The van der Waals surface area contributed by atoms with Gasteiger partial charge in [-0.25, -0.2) is 41.1 Å². The van der Waals surface area contributed by atoms with Crippen LogP contribution < -0.4 is 14.2 Å². The van der Waals surface area contributed by atoms with E-state index in [2.05, 4.69) is 66.7 Å². The third-order valence-electron chi connectivity index (χ3n) is 13.8. The molecule has 2 aliphatic carbocycles. The molecule has 2 unspecified atom stereocenters. The summed E-state index contributed by atoms with van der Waals surface area (Å²) < 4.78 is 81.0. The molecule has 16 heteroatoms. The SMILES string of the molecule is CC(C)c1cccc(-c2ccc(S(=O)(=O)N(C)C3CCCCc4c(OCC(=O)OC(C)(C)C)cccc43)nc2)c1.CC(C)c1cccc(-c2ccc(S(=O)(=O)NC3CCCCc4c(OCC(=O)OC(C)(C)C)cccc43)nc2)c1. The van der Waals surface area contributed by atoms with E-state index in [0.717, 1.165) is 83.0 Å². The van der Waals surface area contributed by atoms with Crippen LogP contribution in [0.15, 0.2) is 132 Å². The second kappa shape index (κ2) is 25.8. The van der Waals surface area contributed by atoms with Gasteiger partial charge in [-0.15, -0.1) is 0 Å². The van der Waals surface area contributed by atoms with Gasteiger partial charge in [0.25, 0.3) is 20.0 Å². The smallest absolute Gasteiger partial charge is 0.344 e. The minimum absolute atomic E-state index is 0.0156. The zero-order valence-electron chi connectivity index (χ0n) is 47.7. The summed E-state index contributed by atoms with van der Waals surface area (Å²) >= 11 is 0. The third kappa shape index (κ3) is 16.1. The lowest BCUT2D eigenvalue weighted by Gasteiger charge is -2.28. The average molecular weight is 1120 g/mol. The maximum absolute atomic E-state index is 13.7. The Balaban J connectivity index is 0.000000229. The number of nitrogens with one attached hydrogen (secondary N) is 1. The Bertz CT molecular complexity index is 3290. The second-order valence-electron chi connectivity index (χ2n) is 22.9. The third-order valence-corrected chi connectivity index (χ3v) is 17.0. The van der Waals surface area contributed by atoms with E-state index in [4.69, 9.17) is 18.9 Å². The van der Waals surface area contributed by atoms with Crippen molar-refractivity contribution < 1.29 is 45.4 Å². The standard InChI is InChI=1S/C32H40N2O5S.C31H38N2O5S/c1-22(2)23-11-9-12-24(19-23)25-17-18-30(33-20-25)40(36,37)34(6)28-15-8-7-13-27-26(28)14-10-16-29(27)38-21-31(35)39-32(3,4)5;1-21(2)22-10-8-11-23(18-22)24-16-17-29(32-19-24)39(35,36)33-27-14-7-6-12-26-25(27)13-9-15-28(26)37-20-30(34)38-31(3,4)5/h9-12,14,16-20,22,28H,7-8,13,15,21H2,1-6H3;8-11,13,15-19,21,27,33H,6-7,12,14,20H2,1-5H3. The molecule has 4 aromatic carbocycles. The van der Waals surface area contributed by atoms with Crippen LogP contribution in [0.4, 0.5) is 0 Å². The van der Waals surface area contributed by atoms with Crippen molar-refractivity contribution in [1.82, 2.24) is 19.0 Å². The molecule has 0 radical (unpaired) electrons. The Hall–Kier alpha value is -6.46. The summed E-state index contributed by atoms with van der Waals surface area (Å²) in [6.07, 6.45) is 9.55. The number of fused-ring (bicyclic) bond motifs is 2. The van der Waals surface area contributed by atoms with Gasteiger partial charge < -0.3 is 18.9 Å². The van der Waals surface area contributed by atoms with Gasteiger partial charge in [0.2, 0.25) is 0 Å². The van der Waals surface area contributed by atoms with Crippen molar-refractivity contribution in [3.63, 3.8) is 0 Å². The minimum Gasteiger partial charge on any atom is -0.482 e. The van der Waals surface area contributed by atoms with Crippen LogP contribution >= 0.6 is 0 Å². The van der Waals surface area contributed by atoms with Crippen LogP contribution in [0.2, 0.25) is 0 Å². The molecule has 8 rings (SSSR count). The van der Waals surface area contributed by atoms with Crippen LogP contribution in [-0.4, -0.2) is 74.5 Å². The van der Waals surface area contributed by atoms with Crippen molar-refractivity contribution in [2.24, 2.45) is 0 Å². The lowest BCUT2D eigenvalue weighted by molar-refractivity contribution is -0.158. The minimum atomic E-state index is -3.87. The molecular weight excluding hydrogens is 1040 g/mol. The zero-order valence-corrected chi connectivity index (χ0v) is 49.3. The van der Waals surface area contributed by atoms with Crippen LogP contribution in [0, 0.1) is 0 Å². The number of carbonyl (C=O) groups excluding carboxylic acids is 2. The molecule has 6 aromatic rings. The molecule has 1 N–H and O–H groups in total. The number of esters is 2. The first-order valence-electron chi connectivity index (χ1n) is 27.4. The number of pyridine rings is 2. The highest BCUT2D eigenvalue weighted by molar-refractivity contribution is 7.89. The molecule has 2 atom stereocenters. The van der Waals surface area contributed by atoms with E-state index in [1.807, 2.05) is 108 Å². The number of nitrogens with zero attached hydrogens (tertiary/aromatic N) is 3. The molecule has 422 valence electrons. The first kappa shape index (κ1) is 60.2. The van der Waals surface area contributed by atoms with Crippen molar-refractivity contribution in [1.29, 1.82) is 0 Å². The van der Waals surface area contributed by atoms with Crippen molar-refractivity contribution in [3.8, 4) is 33.8 Å². The van der Waals surface area contributed by atoms with E-state index in [9.17, 15) is 26.4 Å². The van der Waals surface area contributed by atoms with Gasteiger partial charge in [0.05, 0.1) is 6.04 Å². The molecule has 0 saturated heterocycles. The van der Waals surface area contributed by atoms with Crippen molar-refractivity contribution in [3.05, 3.63) is 155 Å². The highest BCUT2D eigenvalue weighted by Crippen LogP contribution is 2.40. The maximum Gasteiger partial charge on any atom is 0.344 e. The number of ether oxygens (including phenoxy) is 4. The molecule has 0 fully saturated rings. The van der Waals surface area contributed by atoms with Gasteiger partial charge in [-0.2, -0.15) is 4.31 Å². The Kier molecular flexibility index (Phi) is 19.6. The number of rotatable bonds is 16. The van der Waals surface area contributed by atoms with E-state index in [1.54, 1.807) is 37.6 Å². The van der Waals surface area contributed by atoms with Crippen LogP contribution in [0.1, 0.15) is 165 Å². The summed E-state index contributed by atoms with van der Waals surface area (Å²) in [5, 5.41) is -0.00344. The van der Waals surface area contributed by atoms with Crippen LogP contribution in [-0.2, 0) is 52.0 Å². The quantitative estimate of drug-likeness (QED) is 0.0717. The predicted octanol–water partition coefficient (Wildman–Crippen LogP) is 13.0. The maximum atomic E-state index is 13.7. The summed E-state index contributed by atoms with van der Waals surface area (Å²) in [6.45, 7) is 19.0. The number of sulfonamides is 2. The predicted molar refractivity (Wildman–Crippen MR) is 309 cm³/mol. The Morgan fingerprint density at radius 2 is 1.04 bits per heavy atom. The molecule has 2 aliphatic rings. The first-order chi connectivity index (χ1) is 37.3. The molecule has 0 saturated carbocycles. The van der Waals surface area contributed by atoms with Gasteiger partial charge in [-0.3, -0.25) is 0 Å². The number of carbonyl (C=O) groups is 2. The van der Waals surface area contributed by atoms with Crippen molar-refractivity contribution >= 4 is 32.0 Å². The molecule has 0 aliphatic heterocycles. The number of benzene rings is 4. The highest BCUT2D eigenvalue weighted by atomic mass is 32.2. The van der Waals surface area contributed by atoms with Crippen LogP contribution in [0.3, 0.4) is 0 Å². The zero-order chi connectivity index (χ0) is 57.3. The van der Waals surface area contributed by atoms with Crippen LogP contribution in [0.5, 0.6) is 11.5 Å². The van der Waals surface area contributed by atoms with E-state index >= 15 is 0 Å². The summed E-state index contributed by atoms with van der Waals surface area (Å²) in [5.74, 6) is 1.07. The largest absolute Gasteiger partial charge is 0.482 e. The van der Waals surface area contributed by atoms with E-state index in [0.29, 0.717) is 36.2 Å². The van der Waals surface area contributed by atoms with Gasteiger partial charge in [0.15, 0.2) is 23.3 Å². The molecule has 79 heavy (non-hydrogen) atoms. The molecule has 14 nitrogen and oxygen atoms in total. The molecule has 0 amide bonds. The van der Waals surface area contributed by atoms with Crippen molar-refractivity contribution in [2.75, 3.05) is 20.3 Å². The summed E-state index contributed by atoms with van der Waals surface area (Å²) in [7, 11) is -6.13. The van der Waals surface area contributed by atoms with Gasteiger partial charge >= 0.3 is 11.9 Å². The molecule has 2 heterocycles. The van der Waals surface area contributed by atoms with Gasteiger partial charge in [0.1, 0.15) is 22.7 Å². The number of aromatic nitrogens is 2. The summed E-state index contributed by atoms with van der Waals surface area (Å²) in [4.78, 5) is 33.1. The highest BCUT2D eigenvalue weighted by Gasteiger charge is 2.34. The van der Waals surface area contributed by atoms with Gasteiger partial charge in [-0.1, -0.05) is 113 Å². The topological polar surface area (TPSA) is 180 Å². The lowest BCUT2D eigenvalue weighted by Crippen LogP contribution is -2.32. The Labute approximate surface area is 468 Å².